The molecular formula is C10H19NO2. The van der Waals surface area contributed by atoms with E-state index in [4.69, 9.17) is 4.74 Å². The molecule has 0 unspecified atom stereocenters. The van der Waals surface area contributed by atoms with E-state index in [1.807, 2.05) is 18.7 Å². The molecule has 0 aromatic carbocycles. The van der Waals surface area contributed by atoms with Gasteiger partial charge in [-0.05, 0) is 32.6 Å². The number of hydrogen-bond donors (Lipinski definition) is 0. The highest BCUT2D eigenvalue weighted by atomic mass is 16.6. The molecular weight excluding hydrogens is 166 g/mol. The molecule has 3 nitrogen and oxygen atoms in total. The minimum Gasteiger partial charge on any atom is -0.446 e. The van der Waals surface area contributed by atoms with Crippen LogP contribution in [0.3, 0.4) is 0 Å². The zero-order valence-corrected chi connectivity index (χ0v) is 8.58. The van der Waals surface area contributed by atoms with E-state index in [2.05, 4.69) is 0 Å². The van der Waals surface area contributed by atoms with Gasteiger partial charge in [0.05, 0.1) is 0 Å². The fourth-order valence-corrected chi connectivity index (χ4v) is 1.41. The molecule has 0 aliphatic carbocycles. The largest absolute Gasteiger partial charge is 0.446 e. The summed E-state index contributed by atoms with van der Waals surface area (Å²) in [4.78, 5) is 13.3. The maximum atomic E-state index is 11.5. The average molecular weight is 185 g/mol. The lowest BCUT2D eigenvalue weighted by Crippen LogP contribution is -2.37. The van der Waals surface area contributed by atoms with Gasteiger partial charge in [0.25, 0.3) is 0 Å². The van der Waals surface area contributed by atoms with Crippen molar-refractivity contribution >= 4 is 6.09 Å². The van der Waals surface area contributed by atoms with E-state index in [0.29, 0.717) is 0 Å². The van der Waals surface area contributed by atoms with Gasteiger partial charge in [0.15, 0.2) is 0 Å². The van der Waals surface area contributed by atoms with Crippen LogP contribution in [0.5, 0.6) is 0 Å². The Morgan fingerprint density at radius 1 is 1.38 bits per heavy atom. The lowest BCUT2D eigenvalue weighted by atomic mass is 10.1. The average Bonchev–Trinajstić information content (AvgIpc) is 2.19. The van der Waals surface area contributed by atoms with Crippen molar-refractivity contribution in [3.05, 3.63) is 0 Å². The Bertz CT molecular complexity index is 164. The van der Waals surface area contributed by atoms with Crippen LogP contribution in [0.4, 0.5) is 4.79 Å². The predicted molar refractivity (Wildman–Crippen MR) is 51.7 cm³/mol. The van der Waals surface area contributed by atoms with Gasteiger partial charge in [0, 0.05) is 13.1 Å². The number of carbonyl (C=O) groups is 1. The molecule has 0 bridgehead atoms. The summed E-state index contributed by atoms with van der Waals surface area (Å²) in [7, 11) is 0. The van der Waals surface area contributed by atoms with E-state index < -0.39 is 0 Å². The smallest absolute Gasteiger partial charge is 0.410 e. The monoisotopic (exact) mass is 185 g/mol. The van der Waals surface area contributed by atoms with Gasteiger partial charge >= 0.3 is 6.09 Å². The Labute approximate surface area is 80.1 Å². The molecule has 1 heterocycles. The van der Waals surface area contributed by atoms with Crippen LogP contribution < -0.4 is 0 Å². The summed E-state index contributed by atoms with van der Waals surface area (Å²) in [6.45, 7) is 5.69. The second-order valence-corrected chi connectivity index (χ2v) is 3.65. The van der Waals surface area contributed by atoms with Gasteiger partial charge in [-0.15, -0.1) is 0 Å². The molecule has 0 N–H and O–H groups in total. The van der Waals surface area contributed by atoms with E-state index in [1.165, 1.54) is 6.42 Å². The van der Waals surface area contributed by atoms with Crippen molar-refractivity contribution in [2.45, 2.75) is 45.6 Å². The van der Waals surface area contributed by atoms with Gasteiger partial charge in [-0.3, -0.25) is 0 Å². The SMILES string of the molecule is CC[C@@H](C)OC(=O)N1CCCCC1. The molecule has 0 aromatic heterocycles. The van der Waals surface area contributed by atoms with Gasteiger partial charge in [0.1, 0.15) is 6.10 Å². The molecule has 1 fully saturated rings. The summed E-state index contributed by atoms with van der Waals surface area (Å²) in [5, 5.41) is 0. The fraction of sp³-hybridized carbons (Fsp3) is 0.900. The summed E-state index contributed by atoms with van der Waals surface area (Å²) in [6.07, 6.45) is 4.29. The zero-order chi connectivity index (χ0) is 9.68. The second kappa shape index (κ2) is 5.10. The third-order valence-corrected chi connectivity index (χ3v) is 2.49. The third-order valence-electron chi connectivity index (χ3n) is 2.49. The summed E-state index contributed by atoms with van der Waals surface area (Å²) >= 11 is 0. The number of nitrogens with zero attached hydrogens (tertiary/aromatic N) is 1. The predicted octanol–water partition coefficient (Wildman–Crippen LogP) is 2.41. The zero-order valence-electron chi connectivity index (χ0n) is 8.58. The van der Waals surface area contributed by atoms with Crippen LogP contribution in [0, 0.1) is 0 Å². The second-order valence-electron chi connectivity index (χ2n) is 3.65. The lowest BCUT2D eigenvalue weighted by Gasteiger charge is -2.27. The van der Waals surface area contributed by atoms with Crippen LogP contribution in [0.1, 0.15) is 39.5 Å². The Hall–Kier alpha value is -0.730. The standard InChI is InChI=1S/C10H19NO2/c1-3-9(2)13-10(12)11-7-5-4-6-8-11/h9H,3-8H2,1-2H3/t9-/m1/s1. The van der Waals surface area contributed by atoms with Gasteiger partial charge in [0.2, 0.25) is 0 Å². The summed E-state index contributed by atoms with van der Waals surface area (Å²) < 4.78 is 5.23. The normalized spacial score (nSPS) is 19.7. The Balaban J connectivity index is 2.29. The van der Waals surface area contributed by atoms with Crippen LogP contribution in [-0.4, -0.2) is 30.2 Å². The molecule has 1 rings (SSSR count). The fourth-order valence-electron chi connectivity index (χ4n) is 1.41. The number of ether oxygens (including phenoxy) is 1. The van der Waals surface area contributed by atoms with Gasteiger partial charge < -0.3 is 9.64 Å². The summed E-state index contributed by atoms with van der Waals surface area (Å²) in [5.74, 6) is 0. The molecule has 1 amide bonds. The molecule has 1 aliphatic rings. The number of likely N-dealkylation sites (tertiary alicyclic amines) is 1. The summed E-state index contributed by atoms with van der Waals surface area (Å²) in [6, 6.07) is 0. The van der Waals surface area contributed by atoms with Crippen LogP contribution in [-0.2, 0) is 4.74 Å². The summed E-state index contributed by atoms with van der Waals surface area (Å²) in [5.41, 5.74) is 0. The van der Waals surface area contributed by atoms with Gasteiger partial charge in [-0.25, -0.2) is 4.79 Å². The first-order valence-electron chi connectivity index (χ1n) is 5.19. The molecule has 13 heavy (non-hydrogen) atoms. The molecule has 1 aliphatic heterocycles. The van der Waals surface area contributed by atoms with E-state index >= 15 is 0 Å². The van der Waals surface area contributed by atoms with Gasteiger partial charge in [-0.2, -0.15) is 0 Å². The van der Waals surface area contributed by atoms with E-state index in [1.54, 1.807) is 0 Å². The van der Waals surface area contributed by atoms with Crippen molar-refractivity contribution < 1.29 is 9.53 Å². The Morgan fingerprint density at radius 2 is 2.00 bits per heavy atom. The highest BCUT2D eigenvalue weighted by Gasteiger charge is 2.18. The number of piperidine rings is 1. The minimum atomic E-state index is -0.131. The molecule has 3 heteroatoms. The van der Waals surface area contributed by atoms with Crippen LogP contribution >= 0.6 is 0 Å². The van der Waals surface area contributed by atoms with Crippen molar-refractivity contribution in [2.75, 3.05) is 13.1 Å². The lowest BCUT2D eigenvalue weighted by molar-refractivity contribution is 0.0632. The number of carbonyl (C=O) groups excluding carboxylic acids is 1. The first kappa shape index (κ1) is 10.4. The maximum Gasteiger partial charge on any atom is 0.410 e. The molecule has 0 aromatic rings. The first-order valence-corrected chi connectivity index (χ1v) is 5.19. The highest BCUT2D eigenvalue weighted by Crippen LogP contribution is 2.11. The molecule has 0 radical (unpaired) electrons. The molecule has 76 valence electrons. The number of hydrogen-bond acceptors (Lipinski definition) is 2. The van der Waals surface area contributed by atoms with Crippen LogP contribution in [0.2, 0.25) is 0 Å². The van der Waals surface area contributed by atoms with Crippen molar-refractivity contribution in [1.29, 1.82) is 0 Å². The minimum absolute atomic E-state index is 0.0504. The molecule has 0 spiro atoms. The van der Waals surface area contributed by atoms with E-state index in [-0.39, 0.29) is 12.2 Å². The van der Waals surface area contributed by atoms with Crippen LogP contribution in [0.15, 0.2) is 0 Å². The Morgan fingerprint density at radius 3 is 2.54 bits per heavy atom. The van der Waals surface area contributed by atoms with E-state index in [0.717, 1.165) is 32.4 Å². The van der Waals surface area contributed by atoms with Crippen molar-refractivity contribution in [3.8, 4) is 0 Å². The van der Waals surface area contributed by atoms with E-state index in [9.17, 15) is 4.79 Å². The van der Waals surface area contributed by atoms with Crippen molar-refractivity contribution in [2.24, 2.45) is 0 Å². The number of rotatable bonds is 2. The Kier molecular flexibility index (Phi) is 4.06. The van der Waals surface area contributed by atoms with Crippen molar-refractivity contribution in [3.63, 3.8) is 0 Å². The topological polar surface area (TPSA) is 29.5 Å². The highest BCUT2D eigenvalue weighted by molar-refractivity contribution is 5.67. The molecule has 1 atom stereocenters. The molecule has 0 saturated carbocycles. The van der Waals surface area contributed by atoms with Crippen LogP contribution in [0.25, 0.3) is 0 Å². The van der Waals surface area contributed by atoms with Gasteiger partial charge in [-0.1, -0.05) is 6.92 Å². The number of amides is 1. The quantitative estimate of drug-likeness (QED) is 0.661. The molecule has 1 saturated heterocycles. The third kappa shape index (κ3) is 3.25. The first-order chi connectivity index (χ1) is 6.24. The maximum absolute atomic E-state index is 11.5. The van der Waals surface area contributed by atoms with Crippen molar-refractivity contribution in [1.82, 2.24) is 4.90 Å².